The highest BCUT2D eigenvalue weighted by atomic mass is 16.5. The van der Waals surface area contributed by atoms with Gasteiger partial charge in [-0.05, 0) is 70.8 Å². The van der Waals surface area contributed by atoms with E-state index in [1.54, 1.807) is 21.3 Å². The van der Waals surface area contributed by atoms with Crippen LogP contribution in [0.1, 0.15) is 5.56 Å². The summed E-state index contributed by atoms with van der Waals surface area (Å²) in [6, 6.07) is 30.0. The second-order valence-corrected chi connectivity index (χ2v) is 7.24. The maximum Gasteiger partial charge on any atom is 0.118 e. The Bertz CT molecular complexity index is 1180. The van der Waals surface area contributed by atoms with Crippen molar-refractivity contribution in [1.82, 2.24) is 0 Å². The number of methoxy groups -OCH3 is 3. The van der Waals surface area contributed by atoms with Crippen LogP contribution < -0.4 is 14.2 Å². The Kier molecular flexibility index (Phi) is 6.10. The molecule has 4 aromatic rings. The van der Waals surface area contributed by atoms with Gasteiger partial charge in [-0.2, -0.15) is 5.26 Å². The van der Waals surface area contributed by atoms with Crippen molar-refractivity contribution in [3.8, 4) is 56.7 Å². The van der Waals surface area contributed by atoms with Crippen molar-refractivity contribution >= 4 is 0 Å². The SMILES string of the molecule is COc1ccc(-c2cc(-c3ccc(OC)cc3)c(C#N)c(-c3ccc(OC)cc3)c2)cc1. The van der Waals surface area contributed by atoms with Crippen LogP contribution in [0.2, 0.25) is 0 Å². The lowest BCUT2D eigenvalue weighted by molar-refractivity contribution is 0.415. The molecule has 0 heterocycles. The quantitative estimate of drug-likeness (QED) is 0.353. The van der Waals surface area contributed by atoms with Crippen molar-refractivity contribution in [3.63, 3.8) is 0 Å². The van der Waals surface area contributed by atoms with Crippen molar-refractivity contribution in [2.24, 2.45) is 0 Å². The second-order valence-electron chi connectivity index (χ2n) is 7.24. The first-order chi connectivity index (χ1) is 15.7. The van der Waals surface area contributed by atoms with Gasteiger partial charge in [0.25, 0.3) is 0 Å². The van der Waals surface area contributed by atoms with Gasteiger partial charge in [0.2, 0.25) is 0 Å². The molecular formula is C28H23NO3. The molecule has 0 aromatic heterocycles. The Morgan fingerprint density at radius 2 is 0.844 bits per heavy atom. The van der Waals surface area contributed by atoms with Crippen LogP contribution >= 0.6 is 0 Å². The fourth-order valence-electron chi connectivity index (χ4n) is 3.71. The Morgan fingerprint density at radius 1 is 0.500 bits per heavy atom. The number of rotatable bonds is 6. The first kappa shape index (κ1) is 21.0. The predicted molar refractivity (Wildman–Crippen MR) is 127 cm³/mol. The number of nitriles is 1. The molecule has 0 spiro atoms. The van der Waals surface area contributed by atoms with Gasteiger partial charge in [-0.25, -0.2) is 0 Å². The lowest BCUT2D eigenvalue weighted by Crippen LogP contribution is -1.93. The molecule has 32 heavy (non-hydrogen) atoms. The molecule has 0 fully saturated rings. The molecule has 158 valence electrons. The zero-order valence-electron chi connectivity index (χ0n) is 18.3. The summed E-state index contributed by atoms with van der Waals surface area (Å²) in [5.74, 6) is 2.34. The molecule has 0 radical (unpaired) electrons. The van der Waals surface area contributed by atoms with E-state index >= 15 is 0 Å². The van der Waals surface area contributed by atoms with E-state index in [0.29, 0.717) is 5.56 Å². The van der Waals surface area contributed by atoms with Crippen LogP contribution in [0.3, 0.4) is 0 Å². The summed E-state index contributed by atoms with van der Waals surface area (Å²) in [5.41, 5.74) is 6.32. The number of ether oxygens (including phenoxy) is 3. The van der Waals surface area contributed by atoms with Crippen molar-refractivity contribution < 1.29 is 14.2 Å². The van der Waals surface area contributed by atoms with Gasteiger partial charge in [0.15, 0.2) is 0 Å². The largest absolute Gasteiger partial charge is 0.497 e. The third kappa shape index (κ3) is 4.14. The minimum Gasteiger partial charge on any atom is -0.497 e. The third-order valence-corrected chi connectivity index (χ3v) is 5.48. The summed E-state index contributed by atoms with van der Waals surface area (Å²) in [6.07, 6.45) is 0. The molecule has 0 amide bonds. The molecule has 0 aliphatic heterocycles. The predicted octanol–water partition coefficient (Wildman–Crippen LogP) is 6.59. The lowest BCUT2D eigenvalue weighted by atomic mass is 9.88. The Labute approximate surface area is 188 Å². The monoisotopic (exact) mass is 421 g/mol. The highest BCUT2D eigenvalue weighted by Crippen LogP contribution is 2.38. The first-order valence-electron chi connectivity index (χ1n) is 10.2. The van der Waals surface area contributed by atoms with E-state index in [1.807, 2.05) is 72.8 Å². The van der Waals surface area contributed by atoms with Gasteiger partial charge in [0.1, 0.15) is 23.3 Å². The Balaban J connectivity index is 1.94. The molecule has 0 aliphatic rings. The number of nitrogens with zero attached hydrogens (tertiary/aromatic N) is 1. The fourth-order valence-corrected chi connectivity index (χ4v) is 3.71. The topological polar surface area (TPSA) is 51.5 Å². The molecule has 0 bridgehead atoms. The molecule has 0 aliphatic carbocycles. The maximum atomic E-state index is 10.1. The van der Waals surface area contributed by atoms with E-state index in [4.69, 9.17) is 14.2 Å². The van der Waals surface area contributed by atoms with Crippen molar-refractivity contribution in [3.05, 3.63) is 90.5 Å². The van der Waals surface area contributed by atoms with Gasteiger partial charge < -0.3 is 14.2 Å². The minimum absolute atomic E-state index is 0.623. The van der Waals surface area contributed by atoms with E-state index in [1.165, 1.54) is 0 Å². The molecule has 0 saturated heterocycles. The Morgan fingerprint density at radius 3 is 1.16 bits per heavy atom. The first-order valence-corrected chi connectivity index (χ1v) is 10.2. The number of hydrogen-bond donors (Lipinski definition) is 0. The standard InChI is InChI=1S/C28H23NO3/c1-30-23-10-4-19(5-11-23)22-16-26(20-6-12-24(31-2)13-7-20)28(18-29)27(17-22)21-8-14-25(32-3)15-9-21/h4-17H,1-3H3. The highest BCUT2D eigenvalue weighted by molar-refractivity contribution is 5.87. The minimum atomic E-state index is 0.623. The zero-order valence-corrected chi connectivity index (χ0v) is 18.3. The van der Waals surface area contributed by atoms with Gasteiger partial charge >= 0.3 is 0 Å². The van der Waals surface area contributed by atoms with Crippen LogP contribution in [0, 0.1) is 11.3 Å². The van der Waals surface area contributed by atoms with Crippen LogP contribution in [-0.2, 0) is 0 Å². The van der Waals surface area contributed by atoms with Crippen molar-refractivity contribution in [1.29, 1.82) is 5.26 Å². The average molecular weight is 421 g/mol. The smallest absolute Gasteiger partial charge is 0.118 e. The summed E-state index contributed by atoms with van der Waals surface area (Å²) < 4.78 is 15.9. The molecule has 0 unspecified atom stereocenters. The van der Waals surface area contributed by atoms with E-state index in [0.717, 1.165) is 50.6 Å². The highest BCUT2D eigenvalue weighted by Gasteiger charge is 2.15. The van der Waals surface area contributed by atoms with Gasteiger partial charge in [0.05, 0.1) is 26.9 Å². The Hall–Kier alpha value is -4.23. The maximum absolute atomic E-state index is 10.1. The van der Waals surface area contributed by atoms with Crippen LogP contribution in [0.15, 0.2) is 84.9 Å². The van der Waals surface area contributed by atoms with Gasteiger partial charge in [-0.15, -0.1) is 0 Å². The van der Waals surface area contributed by atoms with E-state index in [9.17, 15) is 5.26 Å². The van der Waals surface area contributed by atoms with Crippen LogP contribution in [-0.4, -0.2) is 21.3 Å². The van der Waals surface area contributed by atoms with Gasteiger partial charge in [-0.3, -0.25) is 0 Å². The summed E-state index contributed by atoms with van der Waals surface area (Å²) >= 11 is 0. The summed E-state index contributed by atoms with van der Waals surface area (Å²) in [5, 5.41) is 10.1. The molecule has 0 N–H and O–H groups in total. The van der Waals surface area contributed by atoms with E-state index in [-0.39, 0.29) is 0 Å². The van der Waals surface area contributed by atoms with Crippen LogP contribution in [0.5, 0.6) is 17.2 Å². The van der Waals surface area contributed by atoms with E-state index in [2.05, 4.69) is 18.2 Å². The molecule has 4 nitrogen and oxygen atoms in total. The molecule has 4 aromatic carbocycles. The zero-order chi connectivity index (χ0) is 22.5. The van der Waals surface area contributed by atoms with Gasteiger partial charge in [-0.1, -0.05) is 36.4 Å². The normalized spacial score (nSPS) is 10.3. The van der Waals surface area contributed by atoms with Crippen LogP contribution in [0.4, 0.5) is 0 Å². The molecule has 4 rings (SSSR count). The molecule has 4 heteroatoms. The summed E-state index contributed by atoms with van der Waals surface area (Å²) in [7, 11) is 4.93. The molecule has 0 atom stereocenters. The average Bonchev–Trinajstić information content (AvgIpc) is 2.88. The second kappa shape index (κ2) is 9.28. The number of benzene rings is 4. The fraction of sp³-hybridized carbons (Fsp3) is 0.107. The van der Waals surface area contributed by atoms with Crippen LogP contribution in [0.25, 0.3) is 33.4 Å². The van der Waals surface area contributed by atoms with E-state index < -0.39 is 0 Å². The number of hydrogen-bond acceptors (Lipinski definition) is 4. The molecular weight excluding hydrogens is 398 g/mol. The van der Waals surface area contributed by atoms with Gasteiger partial charge in [0, 0.05) is 11.1 Å². The third-order valence-electron chi connectivity index (χ3n) is 5.48. The summed E-state index contributed by atoms with van der Waals surface area (Å²) in [6.45, 7) is 0. The van der Waals surface area contributed by atoms with Crippen molar-refractivity contribution in [2.45, 2.75) is 0 Å². The lowest BCUT2D eigenvalue weighted by Gasteiger charge is -2.15. The molecule has 0 saturated carbocycles. The van der Waals surface area contributed by atoms with Crippen molar-refractivity contribution in [2.75, 3.05) is 21.3 Å². The summed E-state index contributed by atoms with van der Waals surface area (Å²) in [4.78, 5) is 0.